The topological polar surface area (TPSA) is 146 Å². The molecule has 3 N–H and O–H groups in total. The van der Waals surface area contributed by atoms with Crippen molar-refractivity contribution in [3.63, 3.8) is 0 Å². The molecule has 0 radical (unpaired) electrons. The number of fused-ring (bicyclic) bond motifs is 1. The number of hydrogen-bond donors (Lipinski definition) is 2. The molecular formula is C26H28ClN5O5S2. The number of nitrogens with two attached hydrogens (primary N) is 1. The van der Waals surface area contributed by atoms with Gasteiger partial charge in [-0.25, -0.2) is 0 Å². The molecule has 1 aromatic carbocycles. The zero-order valence-corrected chi connectivity index (χ0v) is 24.6. The van der Waals surface area contributed by atoms with E-state index in [0.717, 1.165) is 55.4 Å². The largest absolute Gasteiger partial charge is 0.496 e. The Morgan fingerprint density at radius 1 is 1.13 bits per heavy atom. The second-order valence-electron chi connectivity index (χ2n) is 9.01. The van der Waals surface area contributed by atoms with E-state index in [1.165, 1.54) is 7.11 Å². The predicted molar refractivity (Wildman–Crippen MR) is 152 cm³/mol. The Labute approximate surface area is 235 Å². The molecule has 0 aliphatic rings. The zero-order chi connectivity index (χ0) is 28.6. The van der Waals surface area contributed by atoms with Crippen LogP contribution in [0.4, 0.5) is 5.82 Å². The summed E-state index contributed by atoms with van der Waals surface area (Å²) in [5.74, 6) is 1.78. The van der Waals surface area contributed by atoms with Gasteiger partial charge in [-0.15, -0.1) is 11.3 Å². The first-order valence-electron chi connectivity index (χ1n) is 11.7. The van der Waals surface area contributed by atoms with E-state index >= 15 is 0 Å². The van der Waals surface area contributed by atoms with Crippen LogP contribution in [0, 0.1) is 34.6 Å². The highest BCUT2D eigenvalue weighted by atomic mass is 35.5. The highest BCUT2D eigenvalue weighted by Gasteiger charge is 2.23. The molecular weight excluding hydrogens is 562 g/mol. The average molecular weight is 590 g/mol. The molecule has 0 saturated carbocycles. The summed E-state index contributed by atoms with van der Waals surface area (Å²) in [5.41, 5.74) is 10.8. The number of thiophene rings is 1. The maximum absolute atomic E-state index is 11.8. The van der Waals surface area contributed by atoms with Gasteiger partial charge in [-0.3, -0.25) is 14.2 Å². The molecule has 4 heterocycles. The molecule has 0 amide bonds. The van der Waals surface area contributed by atoms with E-state index in [9.17, 15) is 13.0 Å². The number of rotatable bonds is 5. The van der Waals surface area contributed by atoms with Crippen LogP contribution in [-0.2, 0) is 16.7 Å². The second kappa shape index (κ2) is 11.0. The van der Waals surface area contributed by atoms with Gasteiger partial charge in [-0.2, -0.15) is 13.5 Å². The van der Waals surface area contributed by atoms with Crippen molar-refractivity contribution < 1.29 is 22.2 Å². The third-order valence-electron chi connectivity index (χ3n) is 6.14. The van der Waals surface area contributed by atoms with Gasteiger partial charge in [0.2, 0.25) is 0 Å². The summed E-state index contributed by atoms with van der Waals surface area (Å²) in [6, 6.07) is 9.17. The van der Waals surface area contributed by atoms with E-state index in [1.54, 1.807) is 19.1 Å². The third-order valence-corrected chi connectivity index (χ3v) is 8.82. The fourth-order valence-electron chi connectivity index (χ4n) is 4.13. The molecule has 13 heteroatoms. The number of anilines is 1. The molecule has 206 valence electrons. The summed E-state index contributed by atoms with van der Waals surface area (Å²) in [6.45, 7) is 9.76. The molecule has 5 aromatic rings. The van der Waals surface area contributed by atoms with Crippen LogP contribution < -0.4 is 10.5 Å². The molecule has 0 spiro atoms. The molecule has 0 saturated heterocycles. The molecule has 39 heavy (non-hydrogen) atoms. The Morgan fingerprint density at radius 2 is 1.85 bits per heavy atom. The SMILES string of the molecule is COc1cc(Cn2nc(Cl)c3c(C)nc(C)cc32)ccc1-c1cc(C)sc1S(=O)(=O)O.Cc1onc(N)c1C. The molecule has 4 aromatic heterocycles. The third kappa shape index (κ3) is 5.93. The van der Waals surface area contributed by atoms with Crippen LogP contribution in [0.25, 0.3) is 22.0 Å². The molecule has 0 unspecified atom stereocenters. The normalized spacial score (nSPS) is 11.5. The highest BCUT2D eigenvalue weighted by Crippen LogP contribution is 2.40. The lowest BCUT2D eigenvalue weighted by molar-refractivity contribution is 0.399. The van der Waals surface area contributed by atoms with Crippen molar-refractivity contribution in [2.75, 3.05) is 12.8 Å². The maximum Gasteiger partial charge on any atom is 0.304 e. The van der Waals surface area contributed by atoms with Crippen molar-refractivity contribution in [3.05, 3.63) is 68.6 Å². The molecule has 0 fully saturated rings. The lowest BCUT2D eigenvalue weighted by atomic mass is 10.0. The molecule has 0 atom stereocenters. The van der Waals surface area contributed by atoms with Gasteiger partial charge in [0.25, 0.3) is 0 Å². The maximum atomic E-state index is 11.8. The number of hydrogen-bond acceptors (Lipinski definition) is 9. The minimum Gasteiger partial charge on any atom is -0.496 e. The van der Waals surface area contributed by atoms with Gasteiger partial charge in [0.15, 0.2) is 15.2 Å². The molecule has 10 nitrogen and oxygen atoms in total. The predicted octanol–water partition coefficient (Wildman–Crippen LogP) is 5.92. The zero-order valence-electron chi connectivity index (χ0n) is 22.2. The number of methoxy groups -OCH3 is 1. The Kier molecular flexibility index (Phi) is 8.03. The van der Waals surface area contributed by atoms with Crippen molar-refractivity contribution in [2.45, 2.75) is 45.4 Å². The van der Waals surface area contributed by atoms with E-state index in [2.05, 4.69) is 15.2 Å². The van der Waals surface area contributed by atoms with Crippen molar-refractivity contribution in [1.82, 2.24) is 19.9 Å². The van der Waals surface area contributed by atoms with E-state index in [4.69, 9.17) is 26.6 Å². The number of nitrogen functional groups attached to an aromatic ring is 1. The van der Waals surface area contributed by atoms with Crippen LogP contribution in [0.1, 0.15) is 33.2 Å². The summed E-state index contributed by atoms with van der Waals surface area (Å²) in [4.78, 5) is 5.23. The van der Waals surface area contributed by atoms with Gasteiger partial charge in [0.05, 0.1) is 30.3 Å². The standard InChI is InChI=1S/C21H20ClN3O4S2.C5H8N2O/c1-11-7-17-19(13(3)23-11)20(22)24-25(17)10-14-5-6-15(18(9-14)29-4)16-8-12(2)30-21(16)31(26,27)28;1-3-4(2)8-7-5(3)6/h5-9H,10H2,1-4H3,(H,26,27,28);1-2H3,(H2,6,7). The molecule has 0 bridgehead atoms. The van der Waals surface area contributed by atoms with Gasteiger partial charge in [-0.05, 0) is 58.4 Å². The van der Waals surface area contributed by atoms with E-state index < -0.39 is 10.1 Å². The second-order valence-corrected chi connectivity index (χ2v) is 12.2. The number of halogens is 1. The first-order chi connectivity index (χ1) is 18.3. The van der Waals surface area contributed by atoms with Crippen LogP contribution in [0.2, 0.25) is 5.15 Å². The smallest absolute Gasteiger partial charge is 0.304 e. The number of pyridine rings is 1. The summed E-state index contributed by atoms with van der Waals surface area (Å²) in [7, 11) is -2.82. The molecule has 0 aliphatic carbocycles. The Morgan fingerprint density at radius 3 is 2.41 bits per heavy atom. The van der Waals surface area contributed by atoms with E-state index in [0.29, 0.717) is 34.4 Å². The first-order valence-corrected chi connectivity index (χ1v) is 14.4. The number of nitrogens with zero attached hydrogens (tertiary/aromatic N) is 4. The van der Waals surface area contributed by atoms with E-state index in [1.807, 2.05) is 50.6 Å². The highest BCUT2D eigenvalue weighted by molar-refractivity contribution is 7.88. The van der Waals surface area contributed by atoms with Gasteiger partial charge >= 0.3 is 10.1 Å². The minimum atomic E-state index is -4.35. The lowest BCUT2D eigenvalue weighted by Gasteiger charge is -2.12. The van der Waals surface area contributed by atoms with E-state index in [-0.39, 0.29) is 4.21 Å². The summed E-state index contributed by atoms with van der Waals surface area (Å²) >= 11 is 7.37. The van der Waals surface area contributed by atoms with Crippen LogP contribution in [0.15, 0.2) is 39.1 Å². The molecule has 5 rings (SSSR count). The number of aryl methyl sites for hydroxylation is 4. The summed E-state index contributed by atoms with van der Waals surface area (Å²) < 4.78 is 45.3. The minimum absolute atomic E-state index is 0.0978. The van der Waals surface area contributed by atoms with Crippen molar-refractivity contribution in [1.29, 1.82) is 0 Å². The first kappa shape index (κ1) is 28.6. The number of benzene rings is 1. The molecule has 0 aliphatic heterocycles. The summed E-state index contributed by atoms with van der Waals surface area (Å²) in [5, 5.41) is 9.20. The van der Waals surface area contributed by atoms with Gasteiger partial charge in [-0.1, -0.05) is 28.9 Å². The van der Waals surface area contributed by atoms with Crippen molar-refractivity contribution in [3.8, 4) is 16.9 Å². The monoisotopic (exact) mass is 589 g/mol. The van der Waals surface area contributed by atoms with Crippen LogP contribution >= 0.6 is 22.9 Å². The average Bonchev–Trinajstić information content (AvgIpc) is 3.50. The lowest BCUT2D eigenvalue weighted by Crippen LogP contribution is -2.03. The Bertz CT molecular complexity index is 1770. The van der Waals surface area contributed by atoms with Gasteiger partial charge < -0.3 is 15.0 Å². The Balaban J connectivity index is 0.000000379. The fraction of sp³-hybridized carbons (Fsp3) is 0.269. The summed E-state index contributed by atoms with van der Waals surface area (Å²) in [6.07, 6.45) is 0. The van der Waals surface area contributed by atoms with Crippen LogP contribution in [-0.4, -0.2) is 40.0 Å². The quantitative estimate of drug-likeness (QED) is 0.238. The van der Waals surface area contributed by atoms with Gasteiger partial charge in [0, 0.05) is 27.3 Å². The fourth-order valence-corrected chi connectivity index (χ4v) is 6.47. The Hall–Kier alpha value is -3.45. The van der Waals surface area contributed by atoms with Crippen molar-refractivity contribution >= 4 is 49.8 Å². The van der Waals surface area contributed by atoms with Crippen LogP contribution in [0.5, 0.6) is 5.75 Å². The van der Waals surface area contributed by atoms with Crippen LogP contribution in [0.3, 0.4) is 0 Å². The number of aromatic nitrogens is 4. The number of ether oxygens (including phenoxy) is 1. The van der Waals surface area contributed by atoms with Crippen molar-refractivity contribution in [2.24, 2.45) is 0 Å². The van der Waals surface area contributed by atoms with Gasteiger partial charge in [0.1, 0.15) is 11.5 Å².